The number of thiazole rings is 1. The molecule has 0 aliphatic carbocycles. The van der Waals surface area contributed by atoms with E-state index in [4.69, 9.17) is 0 Å². The number of carbonyl (C=O) groups excluding carboxylic acids is 1. The number of hydrogen-bond acceptors (Lipinski definition) is 6. The Balaban J connectivity index is 2.08. The Morgan fingerprint density at radius 2 is 2.09 bits per heavy atom. The number of hydrogen-bond donors (Lipinski definition) is 2. The maximum absolute atomic E-state index is 11.3. The normalized spacial score (nSPS) is 16.9. The highest BCUT2D eigenvalue weighted by Gasteiger charge is 2.24. The summed E-state index contributed by atoms with van der Waals surface area (Å²) in [5.74, 6) is -1.31. The van der Waals surface area contributed by atoms with Gasteiger partial charge in [0.25, 0.3) is 0 Å². The van der Waals surface area contributed by atoms with Crippen LogP contribution in [0.3, 0.4) is 0 Å². The van der Waals surface area contributed by atoms with Crippen LogP contribution in [0.2, 0.25) is 0 Å². The molecule has 1 fully saturated rings. The molecule has 1 aliphatic heterocycles. The third-order valence-corrected chi connectivity index (χ3v) is 4.84. The lowest BCUT2D eigenvalue weighted by atomic mass is 10.0. The van der Waals surface area contributed by atoms with E-state index in [1.807, 2.05) is 7.05 Å². The van der Waals surface area contributed by atoms with Crippen LogP contribution in [0, 0.1) is 0 Å². The van der Waals surface area contributed by atoms with Crippen LogP contribution in [0.5, 0.6) is 0 Å². The SMILES string of the molecule is CC(=O)Nc1nc(C(=O)O)c(CN(C)C2CCN(C)CC2)s1. The molecule has 0 bridgehead atoms. The average molecular weight is 326 g/mol. The molecule has 1 amide bonds. The molecule has 1 aliphatic rings. The number of nitrogens with zero attached hydrogens (tertiary/aromatic N) is 3. The summed E-state index contributed by atoms with van der Waals surface area (Å²) in [4.78, 5) is 31.6. The summed E-state index contributed by atoms with van der Waals surface area (Å²) in [5.41, 5.74) is 0.0357. The van der Waals surface area contributed by atoms with Gasteiger partial charge in [-0.1, -0.05) is 11.3 Å². The van der Waals surface area contributed by atoms with Crippen molar-refractivity contribution in [1.82, 2.24) is 14.8 Å². The third-order valence-electron chi connectivity index (χ3n) is 3.89. The number of aromatic carboxylic acids is 1. The smallest absolute Gasteiger partial charge is 0.355 e. The van der Waals surface area contributed by atoms with Crippen molar-refractivity contribution in [1.29, 1.82) is 0 Å². The molecular weight excluding hydrogens is 304 g/mol. The average Bonchev–Trinajstić information content (AvgIpc) is 2.81. The Hall–Kier alpha value is -1.51. The molecule has 1 aromatic rings. The highest BCUT2D eigenvalue weighted by molar-refractivity contribution is 7.16. The molecule has 0 radical (unpaired) electrons. The minimum atomic E-state index is -1.06. The maximum atomic E-state index is 11.3. The Morgan fingerprint density at radius 1 is 1.45 bits per heavy atom. The first-order chi connectivity index (χ1) is 10.4. The quantitative estimate of drug-likeness (QED) is 0.849. The van der Waals surface area contributed by atoms with Crippen LogP contribution in [0.1, 0.15) is 35.1 Å². The van der Waals surface area contributed by atoms with Gasteiger partial charge in [0.1, 0.15) is 0 Å². The second-order valence-electron chi connectivity index (χ2n) is 5.73. The number of likely N-dealkylation sites (tertiary alicyclic amines) is 1. The van der Waals surface area contributed by atoms with Gasteiger partial charge in [0, 0.05) is 19.5 Å². The summed E-state index contributed by atoms with van der Waals surface area (Å²) in [6, 6.07) is 0.448. The molecule has 0 unspecified atom stereocenters. The molecule has 2 heterocycles. The molecule has 2 N–H and O–H groups in total. The first kappa shape index (κ1) is 16.9. The standard InChI is InChI=1S/C14H22N4O3S/c1-9(19)15-14-16-12(13(20)21)11(22-14)8-18(3)10-4-6-17(2)7-5-10/h10H,4-8H2,1-3H3,(H,20,21)(H,15,16,19). The van der Waals surface area contributed by atoms with Crippen molar-refractivity contribution < 1.29 is 14.7 Å². The van der Waals surface area contributed by atoms with Crippen LogP contribution in [-0.4, -0.2) is 65.0 Å². The zero-order chi connectivity index (χ0) is 16.3. The molecule has 1 aromatic heterocycles. The number of anilines is 1. The number of aromatic nitrogens is 1. The summed E-state index contributed by atoms with van der Waals surface area (Å²) in [5, 5.41) is 12.2. The van der Waals surface area contributed by atoms with E-state index >= 15 is 0 Å². The molecular formula is C14H22N4O3S. The molecule has 7 nitrogen and oxygen atoms in total. The van der Waals surface area contributed by atoms with Gasteiger partial charge in [0.05, 0.1) is 4.88 Å². The van der Waals surface area contributed by atoms with E-state index in [-0.39, 0.29) is 11.6 Å². The highest BCUT2D eigenvalue weighted by atomic mass is 32.1. The molecule has 122 valence electrons. The van der Waals surface area contributed by atoms with Crippen molar-refractivity contribution in [3.05, 3.63) is 10.6 Å². The van der Waals surface area contributed by atoms with E-state index in [0.29, 0.717) is 22.6 Å². The minimum absolute atomic E-state index is 0.0357. The second kappa shape index (κ2) is 7.17. The lowest BCUT2D eigenvalue weighted by molar-refractivity contribution is -0.114. The van der Waals surface area contributed by atoms with Gasteiger partial charge in [-0.3, -0.25) is 9.69 Å². The van der Waals surface area contributed by atoms with Crippen LogP contribution >= 0.6 is 11.3 Å². The lowest BCUT2D eigenvalue weighted by Crippen LogP contribution is -2.41. The fraction of sp³-hybridized carbons (Fsp3) is 0.643. The van der Waals surface area contributed by atoms with Crippen LogP contribution < -0.4 is 5.32 Å². The number of amides is 1. The Labute approximate surface area is 133 Å². The first-order valence-corrected chi connectivity index (χ1v) is 8.08. The monoisotopic (exact) mass is 326 g/mol. The number of carboxylic acid groups (broad SMARTS) is 1. The van der Waals surface area contributed by atoms with Crippen LogP contribution in [0.4, 0.5) is 5.13 Å². The number of carboxylic acids is 1. The minimum Gasteiger partial charge on any atom is -0.476 e. The third kappa shape index (κ3) is 4.25. The van der Waals surface area contributed by atoms with Crippen molar-refractivity contribution in [3.8, 4) is 0 Å². The van der Waals surface area contributed by atoms with Gasteiger partial charge in [-0.15, -0.1) is 0 Å². The summed E-state index contributed by atoms with van der Waals surface area (Å²) >= 11 is 1.23. The van der Waals surface area contributed by atoms with Crippen molar-refractivity contribution in [2.45, 2.75) is 32.4 Å². The predicted molar refractivity (Wildman–Crippen MR) is 85.4 cm³/mol. The topological polar surface area (TPSA) is 85.8 Å². The number of rotatable bonds is 5. The first-order valence-electron chi connectivity index (χ1n) is 7.26. The van der Waals surface area contributed by atoms with E-state index in [1.54, 1.807) is 0 Å². The highest BCUT2D eigenvalue weighted by Crippen LogP contribution is 2.26. The van der Waals surface area contributed by atoms with Gasteiger partial charge < -0.3 is 15.3 Å². The number of piperidine rings is 1. The predicted octanol–water partition coefficient (Wildman–Crippen LogP) is 1.33. The van der Waals surface area contributed by atoms with E-state index in [2.05, 4.69) is 27.1 Å². The second-order valence-corrected chi connectivity index (χ2v) is 6.81. The lowest BCUT2D eigenvalue weighted by Gasteiger charge is -2.34. The van der Waals surface area contributed by atoms with Gasteiger partial charge in [-0.25, -0.2) is 9.78 Å². The summed E-state index contributed by atoms with van der Waals surface area (Å²) < 4.78 is 0. The molecule has 0 aromatic carbocycles. The Bertz CT molecular complexity index is 552. The largest absolute Gasteiger partial charge is 0.476 e. The Kier molecular flexibility index (Phi) is 5.49. The number of carbonyl (C=O) groups is 2. The maximum Gasteiger partial charge on any atom is 0.355 e. The molecule has 0 spiro atoms. The molecule has 8 heteroatoms. The summed E-state index contributed by atoms with van der Waals surface area (Å²) in [6.45, 7) is 4.03. The van der Waals surface area contributed by atoms with Gasteiger partial charge >= 0.3 is 5.97 Å². The fourth-order valence-corrected chi connectivity index (χ4v) is 3.68. The van der Waals surface area contributed by atoms with Crippen molar-refractivity contribution in [2.24, 2.45) is 0 Å². The Morgan fingerprint density at radius 3 is 2.64 bits per heavy atom. The van der Waals surface area contributed by atoms with Crippen LogP contribution in [0.25, 0.3) is 0 Å². The van der Waals surface area contributed by atoms with E-state index in [0.717, 1.165) is 25.9 Å². The zero-order valence-electron chi connectivity index (χ0n) is 13.1. The van der Waals surface area contributed by atoms with Gasteiger partial charge in [-0.2, -0.15) is 0 Å². The van der Waals surface area contributed by atoms with E-state index in [9.17, 15) is 14.7 Å². The van der Waals surface area contributed by atoms with Crippen molar-refractivity contribution in [2.75, 3.05) is 32.5 Å². The van der Waals surface area contributed by atoms with Crippen molar-refractivity contribution in [3.63, 3.8) is 0 Å². The van der Waals surface area contributed by atoms with Gasteiger partial charge in [0.15, 0.2) is 10.8 Å². The van der Waals surface area contributed by atoms with E-state index < -0.39 is 5.97 Å². The molecule has 1 saturated heterocycles. The van der Waals surface area contributed by atoms with Crippen LogP contribution in [-0.2, 0) is 11.3 Å². The molecule has 0 atom stereocenters. The molecule has 22 heavy (non-hydrogen) atoms. The zero-order valence-corrected chi connectivity index (χ0v) is 13.9. The fourth-order valence-electron chi connectivity index (χ4n) is 2.62. The molecule has 2 rings (SSSR count). The van der Waals surface area contributed by atoms with E-state index in [1.165, 1.54) is 18.3 Å². The van der Waals surface area contributed by atoms with Gasteiger partial charge in [-0.05, 0) is 40.0 Å². The number of nitrogens with one attached hydrogen (secondary N) is 1. The van der Waals surface area contributed by atoms with Gasteiger partial charge in [0.2, 0.25) is 5.91 Å². The van der Waals surface area contributed by atoms with Crippen LogP contribution in [0.15, 0.2) is 0 Å². The summed E-state index contributed by atoms with van der Waals surface area (Å²) in [7, 11) is 4.13. The summed E-state index contributed by atoms with van der Waals surface area (Å²) in [6.07, 6.45) is 2.15. The van der Waals surface area contributed by atoms with Crippen molar-refractivity contribution >= 4 is 28.3 Å². The molecule has 0 saturated carbocycles.